The van der Waals surface area contributed by atoms with Gasteiger partial charge in [-0.15, -0.1) is 0 Å². The third kappa shape index (κ3) is 3.88. The van der Waals surface area contributed by atoms with Crippen molar-refractivity contribution in [1.29, 1.82) is 0 Å². The van der Waals surface area contributed by atoms with Gasteiger partial charge in [0.15, 0.2) is 0 Å². The standard InChI is InChI=1S/C26H39N3O5/c1-24(2,3)16-25(4,5)29-14-8-11-26-19(18-17(34-26)10-7-12-27(6)21(18)31)22(32)28(13-9-15-30)20(26)23(29)33/h7-8,10-11,17-20,30H,9,12-16H2,1-6H3/t17-,18+,19-,20?,26-/m0/s1. The fourth-order valence-electron chi connectivity index (χ4n) is 6.68. The van der Waals surface area contributed by atoms with E-state index in [-0.39, 0.29) is 36.3 Å². The first kappa shape index (κ1) is 24.9. The number of carbonyl (C=O) groups excluding carboxylic acids is 3. The molecule has 34 heavy (non-hydrogen) atoms. The minimum Gasteiger partial charge on any atom is -0.396 e. The second-order valence-electron chi connectivity index (χ2n) is 12.0. The van der Waals surface area contributed by atoms with E-state index in [4.69, 9.17) is 4.74 Å². The molecule has 0 aromatic carbocycles. The molecule has 1 N–H and O–H groups in total. The van der Waals surface area contributed by atoms with Gasteiger partial charge in [-0.3, -0.25) is 14.4 Å². The van der Waals surface area contributed by atoms with Gasteiger partial charge in [-0.05, 0) is 32.1 Å². The largest absolute Gasteiger partial charge is 0.396 e. The Morgan fingerprint density at radius 1 is 1.06 bits per heavy atom. The van der Waals surface area contributed by atoms with Gasteiger partial charge in [0.2, 0.25) is 17.7 Å². The molecule has 4 aliphatic rings. The van der Waals surface area contributed by atoms with Gasteiger partial charge in [0.1, 0.15) is 11.6 Å². The van der Waals surface area contributed by atoms with Crippen LogP contribution in [0.15, 0.2) is 24.3 Å². The fourth-order valence-corrected chi connectivity index (χ4v) is 6.68. The van der Waals surface area contributed by atoms with Gasteiger partial charge in [0.25, 0.3) is 0 Å². The molecule has 3 amide bonds. The van der Waals surface area contributed by atoms with Crippen LogP contribution in [0.25, 0.3) is 0 Å². The quantitative estimate of drug-likeness (QED) is 0.613. The van der Waals surface area contributed by atoms with Crippen molar-refractivity contribution >= 4 is 17.7 Å². The molecule has 8 heteroatoms. The average Bonchev–Trinajstić information content (AvgIpc) is 3.03. The van der Waals surface area contributed by atoms with Gasteiger partial charge in [-0.2, -0.15) is 0 Å². The van der Waals surface area contributed by atoms with Crippen molar-refractivity contribution in [2.24, 2.45) is 17.3 Å². The summed E-state index contributed by atoms with van der Waals surface area (Å²) in [6, 6.07) is -0.868. The highest BCUT2D eigenvalue weighted by molar-refractivity contribution is 6.00. The van der Waals surface area contributed by atoms with Crippen molar-refractivity contribution in [3.8, 4) is 0 Å². The molecule has 4 aliphatic heterocycles. The number of nitrogens with zero attached hydrogens (tertiary/aromatic N) is 3. The zero-order chi connectivity index (χ0) is 25.1. The molecular formula is C26H39N3O5. The number of likely N-dealkylation sites (tertiary alicyclic amines) is 1. The van der Waals surface area contributed by atoms with E-state index in [0.29, 0.717) is 19.5 Å². The van der Waals surface area contributed by atoms with E-state index in [1.807, 2.05) is 29.2 Å². The van der Waals surface area contributed by atoms with Crippen molar-refractivity contribution in [3.63, 3.8) is 0 Å². The molecule has 4 heterocycles. The molecule has 2 saturated heterocycles. The normalized spacial score (nSPS) is 33.7. The van der Waals surface area contributed by atoms with Gasteiger partial charge < -0.3 is 24.5 Å². The van der Waals surface area contributed by atoms with Crippen molar-refractivity contribution in [2.75, 3.05) is 33.3 Å². The lowest BCUT2D eigenvalue weighted by atomic mass is 9.77. The Labute approximate surface area is 202 Å². The molecule has 5 atom stereocenters. The van der Waals surface area contributed by atoms with Crippen LogP contribution in [0.3, 0.4) is 0 Å². The van der Waals surface area contributed by atoms with Gasteiger partial charge in [0.05, 0.1) is 17.9 Å². The van der Waals surface area contributed by atoms with E-state index in [1.54, 1.807) is 16.8 Å². The van der Waals surface area contributed by atoms with Crippen LogP contribution in [-0.2, 0) is 19.1 Å². The molecule has 4 rings (SSSR count). The highest BCUT2D eigenvalue weighted by Gasteiger charge is 2.72. The molecule has 2 fully saturated rings. The summed E-state index contributed by atoms with van der Waals surface area (Å²) in [5.74, 6) is -1.98. The van der Waals surface area contributed by atoms with Gasteiger partial charge in [-0.25, -0.2) is 0 Å². The topological polar surface area (TPSA) is 90.4 Å². The Hall–Kier alpha value is -2.19. The predicted molar refractivity (Wildman–Crippen MR) is 128 cm³/mol. The highest BCUT2D eigenvalue weighted by Crippen LogP contribution is 2.53. The van der Waals surface area contributed by atoms with Crippen LogP contribution < -0.4 is 0 Å². The number of rotatable bonds is 5. The maximum Gasteiger partial charge on any atom is 0.249 e. The Bertz CT molecular complexity index is 920. The summed E-state index contributed by atoms with van der Waals surface area (Å²) in [6.45, 7) is 11.6. The number of aliphatic hydroxyl groups excluding tert-OH is 1. The van der Waals surface area contributed by atoms with Gasteiger partial charge >= 0.3 is 0 Å². The Morgan fingerprint density at radius 2 is 1.76 bits per heavy atom. The lowest BCUT2D eigenvalue weighted by Gasteiger charge is -2.44. The van der Waals surface area contributed by atoms with E-state index in [9.17, 15) is 19.5 Å². The van der Waals surface area contributed by atoms with E-state index >= 15 is 0 Å². The average molecular weight is 474 g/mol. The predicted octanol–water partition coefficient (Wildman–Crippen LogP) is 1.59. The molecule has 188 valence electrons. The van der Waals surface area contributed by atoms with Crippen LogP contribution in [0, 0.1) is 17.3 Å². The molecular weight excluding hydrogens is 434 g/mol. The molecule has 0 aliphatic carbocycles. The first-order chi connectivity index (χ1) is 15.8. The minimum atomic E-state index is -1.20. The van der Waals surface area contributed by atoms with Crippen LogP contribution in [0.2, 0.25) is 0 Å². The number of likely N-dealkylation sites (N-methyl/N-ethyl adjacent to an activating group) is 1. The third-order valence-electron chi connectivity index (χ3n) is 7.61. The van der Waals surface area contributed by atoms with Crippen molar-refractivity contribution in [1.82, 2.24) is 14.7 Å². The van der Waals surface area contributed by atoms with Crippen LogP contribution >= 0.6 is 0 Å². The van der Waals surface area contributed by atoms with E-state index < -0.39 is 35.1 Å². The first-order valence-corrected chi connectivity index (χ1v) is 12.3. The van der Waals surface area contributed by atoms with Crippen LogP contribution in [0.1, 0.15) is 47.5 Å². The van der Waals surface area contributed by atoms with E-state index in [1.165, 1.54) is 0 Å². The molecule has 0 aromatic rings. The number of hydrogen-bond donors (Lipinski definition) is 1. The number of aliphatic hydroxyl groups is 1. The minimum absolute atomic E-state index is 0.000934. The second-order valence-corrected chi connectivity index (χ2v) is 12.0. The van der Waals surface area contributed by atoms with E-state index in [2.05, 4.69) is 34.6 Å². The zero-order valence-corrected chi connectivity index (χ0v) is 21.3. The first-order valence-electron chi connectivity index (χ1n) is 12.3. The molecule has 1 unspecified atom stereocenters. The lowest BCUT2D eigenvalue weighted by Crippen LogP contribution is -2.60. The van der Waals surface area contributed by atoms with Crippen molar-refractivity contribution in [2.45, 2.75) is 70.7 Å². The Kier molecular flexibility index (Phi) is 6.22. The Balaban J connectivity index is 1.80. The maximum absolute atomic E-state index is 14.3. The van der Waals surface area contributed by atoms with Crippen LogP contribution in [-0.4, -0.2) is 94.1 Å². The second kappa shape index (κ2) is 8.48. The Morgan fingerprint density at radius 3 is 2.41 bits per heavy atom. The smallest absolute Gasteiger partial charge is 0.249 e. The lowest BCUT2D eigenvalue weighted by molar-refractivity contribution is -0.152. The summed E-state index contributed by atoms with van der Waals surface area (Å²) in [6.07, 6.45) is 8.15. The summed E-state index contributed by atoms with van der Waals surface area (Å²) in [5, 5.41) is 9.49. The number of hydrogen-bond acceptors (Lipinski definition) is 5. The monoisotopic (exact) mass is 473 g/mol. The number of fused-ring (bicyclic) bond motifs is 2. The summed E-state index contributed by atoms with van der Waals surface area (Å²) in [7, 11) is 1.73. The molecule has 0 saturated carbocycles. The van der Waals surface area contributed by atoms with Crippen molar-refractivity contribution in [3.05, 3.63) is 24.3 Å². The number of carbonyl (C=O) groups is 3. The molecule has 0 radical (unpaired) electrons. The third-order valence-corrected chi connectivity index (χ3v) is 7.61. The summed E-state index contributed by atoms with van der Waals surface area (Å²) in [5.41, 5.74) is -1.65. The molecule has 1 spiro atoms. The zero-order valence-electron chi connectivity index (χ0n) is 21.3. The van der Waals surface area contributed by atoms with Crippen LogP contribution in [0.4, 0.5) is 0 Å². The molecule has 0 bridgehead atoms. The summed E-state index contributed by atoms with van der Waals surface area (Å²) in [4.78, 5) is 46.5. The summed E-state index contributed by atoms with van der Waals surface area (Å²) < 4.78 is 6.58. The van der Waals surface area contributed by atoms with Crippen LogP contribution in [0.5, 0.6) is 0 Å². The maximum atomic E-state index is 14.3. The van der Waals surface area contributed by atoms with E-state index in [0.717, 1.165) is 6.42 Å². The molecule has 0 aromatic heterocycles. The number of ether oxygens (including phenoxy) is 1. The van der Waals surface area contributed by atoms with Crippen molar-refractivity contribution < 1.29 is 24.2 Å². The highest BCUT2D eigenvalue weighted by atomic mass is 16.5. The number of amides is 3. The SMILES string of the molecule is CN1CC=C[C@@H]2O[C@]34C=CCN(C(C)(C)CC(C)(C)C)C(=O)C3N(CCCO)C(=O)[C@@H]4[C@@H]2C1=O. The van der Waals surface area contributed by atoms with Gasteiger partial charge in [0, 0.05) is 38.8 Å². The molecule has 8 nitrogen and oxygen atoms in total. The van der Waals surface area contributed by atoms with Gasteiger partial charge in [-0.1, -0.05) is 45.1 Å². The fraction of sp³-hybridized carbons (Fsp3) is 0.731. The summed E-state index contributed by atoms with van der Waals surface area (Å²) >= 11 is 0.